The minimum absolute atomic E-state index is 0.0255. The van der Waals surface area contributed by atoms with Gasteiger partial charge in [0, 0.05) is 29.2 Å². The van der Waals surface area contributed by atoms with Gasteiger partial charge in [-0.2, -0.15) is 0 Å². The smallest absolute Gasteiger partial charge is 0.251 e. The van der Waals surface area contributed by atoms with E-state index in [0.717, 1.165) is 0 Å². The van der Waals surface area contributed by atoms with E-state index in [9.17, 15) is 14.4 Å². The van der Waals surface area contributed by atoms with Crippen LogP contribution in [0.15, 0.2) is 54.6 Å². The zero-order valence-corrected chi connectivity index (χ0v) is 12.8. The number of nitrogens with two attached hydrogens (primary N) is 1. The highest BCUT2D eigenvalue weighted by molar-refractivity contribution is 5.99. The Labute approximate surface area is 134 Å². The average Bonchev–Trinajstić information content (AvgIpc) is 2.55. The fourth-order valence-electron chi connectivity index (χ4n) is 2.16. The van der Waals surface area contributed by atoms with E-state index in [1.165, 1.54) is 24.3 Å². The van der Waals surface area contributed by atoms with Crippen LogP contribution < -0.4 is 11.1 Å². The zero-order chi connectivity index (χ0) is 16.8. The number of rotatable bonds is 6. The van der Waals surface area contributed by atoms with Crippen LogP contribution in [0.3, 0.4) is 0 Å². The number of nitrogens with one attached hydrogen (secondary N) is 1. The average molecular weight is 310 g/mol. The van der Waals surface area contributed by atoms with E-state index in [0.29, 0.717) is 16.7 Å². The third-order valence-electron chi connectivity index (χ3n) is 3.40. The van der Waals surface area contributed by atoms with Crippen LogP contribution in [0.1, 0.15) is 44.4 Å². The topological polar surface area (TPSA) is 89.3 Å². The lowest BCUT2D eigenvalue weighted by Crippen LogP contribution is -2.34. The maximum atomic E-state index is 12.1. The molecule has 2 aromatic rings. The molecule has 0 bridgehead atoms. The van der Waals surface area contributed by atoms with Crippen LogP contribution in [0.5, 0.6) is 0 Å². The number of primary amides is 1. The van der Waals surface area contributed by atoms with Crippen LogP contribution in [0.25, 0.3) is 0 Å². The van der Waals surface area contributed by atoms with Crippen molar-refractivity contribution in [3.63, 3.8) is 0 Å². The second kappa shape index (κ2) is 7.35. The number of ketones is 1. The van der Waals surface area contributed by atoms with E-state index in [4.69, 9.17) is 5.73 Å². The number of carbonyl (C=O) groups is 3. The van der Waals surface area contributed by atoms with E-state index in [-0.39, 0.29) is 24.2 Å². The molecule has 0 saturated carbocycles. The lowest BCUT2D eigenvalue weighted by Gasteiger charge is -2.13. The molecule has 0 saturated heterocycles. The highest BCUT2D eigenvalue weighted by Crippen LogP contribution is 2.07. The van der Waals surface area contributed by atoms with Crippen molar-refractivity contribution in [3.05, 3.63) is 71.3 Å². The van der Waals surface area contributed by atoms with Gasteiger partial charge in [0.05, 0.1) is 0 Å². The molecule has 2 rings (SSSR count). The minimum atomic E-state index is -0.543. The van der Waals surface area contributed by atoms with Crippen molar-refractivity contribution in [2.75, 3.05) is 0 Å². The van der Waals surface area contributed by atoms with Crippen LogP contribution in [0, 0.1) is 0 Å². The van der Waals surface area contributed by atoms with Crippen LogP contribution >= 0.6 is 0 Å². The van der Waals surface area contributed by atoms with Crippen molar-refractivity contribution in [2.24, 2.45) is 5.73 Å². The largest absolute Gasteiger partial charge is 0.366 e. The number of hydrogen-bond donors (Lipinski definition) is 2. The summed E-state index contributed by atoms with van der Waals surface area (Å²) in [5.41, 5.74) is 6.53. The normalized spacial score (nSPS) is 11.5. The third kappa shape index (κ3) is 4.51. The fourth-order valence-corrected chi connectivity index (χ4v) is 2.16. The number of amides is 2. The minimum Gasteiger partial charge on any atom is -0.366 e. The Bertz CT molecular complexity index is 709. The molecule has 0 heterocycles. The molecule has 0 spiro atoms. The standard InChI is InChI=1S/C18H18N2O3/c1-12(11-16(21)13-5-3-2-4-6-13)20-18(23)15-9-7-14(8-10-15)17(19)22/h2-10,12H,11H2,1H3,(H2,19,22)(H,20,23)/t12-/m0/s1. The SMILES string of the molecule is C[C@@H](CC(=O)c1ccccc1)NC(=O)c1ccc(C(N)=O)cc1. The number of Topliss-reactive ketones (excluding diaryl/α,β-unsaturated/α-hetero) is 1. The second-order valence-electron chi connectivity index (χ2n) is 5.31. The second-order valence-corrected chi connectivity index (χ2v) is 5.31. The molecule has 0 fully saturated rings. The fraction of sp³-hybridized carbons (Fsp3) is 0.167. The Morgan fingerprint density at radius 1 is 0.913 bits per heavy atom. The van der Waals surface area contributed by atoms with Crippen molar-refractivity contribution in [1.29, 1.82) is 0 Å². The zero-order valence-electron chi connectivity index (χ0n) is 12.8. The predicted molar refractivity (Wildman–Crippen MR) is 87.3 cm³/mol. The van der Waals surface area contributed by atoms with Crippen molar-refractivity contribution in [2.45, 2.75) is 19.4 Å². The monoisotopic (exact) mass is 310 g/mol. The molecule has 118 valence electrons. The summed E-state index contributed by atoms with van der Waals surface area (Å²) in [5.74, 6) is -0.865. The van der Waals surface area contributed by atoms with Gasteiger partial charge in [0.1, 0.15) is 0 Å². The van der Waals surface area contributed by atoms with Gasteiger partial charge in [-0.25, -0.2) is 0 Å². The lowest BCUT2D eigenvalue weighted by molar-refractivity contribution is 0.0915. The Morgan fingerprint density at radius 2 is 1.48 bits per heavy atom. The molecule has 2 aromatic carbocycles. The molecular weight excluding hydrogens is 292 g/mol. The van der Waals surface area contributed by atoms with Crippen LogP contribution in [-0.2, 0) is 0 Å². The Kier molecular flexibility index (Phi) is 5.25. The maximum absolute atomic E-state index is 12.1. The van der Waals surface area contributed by atoms with Gasteiger partial charge in [-0.1, -0.05) is 30.3 Å². The first-order valence-electron chi connectivity index (χ1n) is 7.26. The van der Waals surface area contributed by atoms with Crippen molar-refractivity contribution < 1.29 is 14.4 Å². The Balaban J connectivity index is 1.94. The van der Waals surface area contributed by atoms with Crippen molar-refractivity contribution in [1.82, 2.24) is 5.32 Å². The molecule has 1 atom stereocenters. The van der Waals surface area contributed by atoms with Crippen LogP contribution in [-0.4, -0.2) is 23.6 Å². The van der Waals surface area contributed by atoms with Gasteiger partial charge >= 0.3 is 0 Å². The summed E-state index contributed by atoms with van der Waals surface area (Å²) in [6, 6.07) is 14.7. The molecule has 0 aliphatic heterocycles. The molecule has 0 aliphatic carbocycles. The molecule has 0 radical (unpaired) electrons. The first-order valence-corrected chi connectivity index (χ1v) is 7.26. The molecule has 0 aromatic heterocycles. The lowest BCUT2D eigenvalue weighted by atomic mass is 10.0. The molecule has 5 heteroatoms. The van der Waals surface area contributed by atoms with Crippen LogP contribution in [0.2, 0.25) is 0 Å². The Hall–Kier alpha value is -2.95. The van der Waals surface area contributed by atoms with Gasteiger partial charge in [-0.15, -0.1) is 0 Å². The highest BCUT2D eigenvalue weighted by Gasteiger charge is 2.14. The summed E-state index contributed by atoms with van der Waals surface area (Å²) in [7, 11) is 0. The molecule has 3 N–H and O–H groups in total. The number of benzene rings is 2. The van der Waals surface area contributed by atoms with Crippen LogP contribution in [0.4, 0.5) is 0 Å². The van der Waals surface area contributed by atoms with Gasteiger partial charge < -0.3 is 11.1 Å². The van der Waals surface area contributed by atoms with Gasteiger partial charge in [-0.05, 0) is 31.2 Å². The van der Waals surface area contributed by atoms with Gasteiger partial charge in [0.25, 0.3) is 5.91 Å². The van der Waals surface area contributed by atoms with E-state index < -0.39 is 5.91 Å². The number of hydrogen-bond acceptors (Lipinski definition) is 3. The summed E-state index contributed by atoms with van der Waals surface area (Å²) in [5, 5.41) is 2.77. The summed E-state index contributed by atoms with van der Waals surface area (Å²) in [6.07, 6.45) is 0.217. The van der Waals surface area contributed by atoms with Gasteiger partial charge in [-0.3, -0.25) is 14.4 Å². The summed E-state index contributed by atoms with van der Waals surface area (Å²) >= 11 is 0. The van der Waals surface area contributed by atoms with E-state index in [1.807, 2.05) is 6.07 Å². The molecule has 0 aliphatic rings. The molecule has 5 nitrogen and oxygen atoms in total. The van der Waals surface area contributed by atoms with Crippen molar-refractivity contribution in [3.8, 4) is 0 Å². The van der Waals surface area contributed by atoms with E-state index in [2.05, 4.69) is 5.32 Å². The van der Waals surface area contributed by atoms with Crippen molar-refractivity contribution >= 4 is 17.6 Å². The molecule has 2 amide bonds. The molecular formula is C18H18N2O3. The third-order valence-corrected chi connectivity index (χ3v) is 3.40. The van der Waals surface area contributed by atoms with E-state index >= 15 is 0 Å². The maximum Gasteiger partial charge on any atom is 0.251 e. The quantitative estimate of drug-likeness (QED) is 0.801. The first kappa shape index (κ1) is 16.4. The summed E-state index contributed by atoms with van der Waals surface area (Å²) in [4.78, 5) is 35.2. The summed E-state index contributed by atoms with van der Waals surface area (Å²) in [6.45, 7) is 1.77. The number of carbonyl (C=O) groups excluding carboxylic acids is 3. The molecule has 0 unspecified atom stereocenters. The Morgan fingerprint density at radius 3 is 2.04 bits per heavy atom. The van der Waals surface area contributed by atoms with Gasteiger partial charge in [0.15, 0.2) is 5.78 Å². The highest BCUT2D eigenvalue weighted by atomic mass is 16.2. The van der Waals surface area contributed by atoms with E-state index in [1.54, 1.807) is 31.2 Å². The molecule has 23 heavy (non-hydrogen) atoms. The first-order chi connectivity index (χ1) is 11.0. The summed E-state index contributed by atoms with van der Waals surface area (Å²) < 4.78 is 0. The van der Waals surface area contributed by atoms with Gasteiger partial charge in [0.2, 0.25) is 5.91 Å². The predicted octanol–water partition coefficient (Wildman–Crippen LogP) is 2.18.